The summed E-state index contributed by atoms with van der Waals surface area (Å²) in [6.07, 6.45) is 0.951. The van der Waals surface area contributed by atoms with Crippen molar-refractivity contribution in [1.82, 2.24) is 4.98 Å². The van der Waals surface area contributed by atoms with E-state index in [1.807, 2.05) is 18.2 Å². The van der Waals surface area contributed by atoms with Crippen LogP contribution < -0.4 is 5.32 Å². The van der Waals surface area contributed by atoms with Crippen molar-refractivity contribution in [2.24, 2.45) is 0 Å². The normalized spacial score (nSPS) is 10.7. The van der Waals surface area contributed by atoms with Crippen LogP contribution in [0.25, 0.3) is 10.9 Å². The Labute approximate surface area is 151 Å². The Balaban J connectivity index is 2.09. The molecule has 0 atom stereocenters. The first-order chi connectivity index (χ1) is 12.1. The maximum Gasteiger partial charge on any atom is 0.357 e. The Morgan fingerprint density at radius 2 is 2.00 bits per heavy atom. The maximum absolute atomic E-state index is 12.1. The van der Waals surface area contributed by atoms with Gasteiger partial charge in [0.1, 0.15) is 0 Å². The Hall–Kier alpha value is -2.59. The highest BCUT2D eigenvalue weighted by atomic mass is 35.5. The van der Waals surface area contributed by atoms with Gasteiger partial charge in [-0.3, -0.25) is 0 Å². The molecule has 0 spiro atoms. The maximum atomic E-state index is 12.1. The van der Waals surface area contributed by atoms with Crippen LogP contribution in [-0.2, 0) is 11.2 Å². The molecule has 0 aliphatic carbocycles. The summed E-state index contributed by atoms with van der Waals surface area (Å²) in [7, 11) is 0. The van der Waals surface area contributed by atoms with E-state index in [0.29, 0.717) is 17.1 Å². The number of nitrogens with one attached hydrogen (secondary N) is 1. The molecule has 0 aliphatic heterocycles. The lowest BCUT2D eigenvalue weighted by Gasteiger charge is -2.13. The number of hydrogen-bond acceptors (Lipinski definition) is 4. The number of pyridine rings is 1. The molecule has 0 bridgehead atoms. The number of carbonyl (C=O) groups is 1. The number of aryl methyl sites for hydroxylation is 1. The van der Waals surface area contributed by atoms with E-state index < -0.39 is 5.97 Å². The lowest BCUT2D eigenvalue weighted by atomic mass is 10.1. The topological polar surface area (TPSA) is 51.2 Å². The number of nitrogens with zero attached hydrogens (tertiary/aromatic N) is 1. The molecule has 25 heavy (non-hydrogen) atoms. The van der Waals surface area contributed by atoms with Gasteiger partial charge < -0.3 is 10.1 Å². The summed E-state index contributed by atoms with van der Waals surface area (Å²) < 4.78 is 5.09. The van der Waals surface area contributed by atoms with E-state index in [0.717, 1.165) is 23.2 Å². The van der Waals surface area contributed by atoms with Crippen molar-refractivity contribution in [1.29, 1.82) is 0 Å². The van der Waals surface area contributed by atoms with Gasteiger partial charge in [0.15, 0.2) is 5.69 Å². The smallest absolute Gasteiger partial charge is 0.357 e. The van der Waals surface area contributed by atoms with Gasteiger partial charge in [0.2, 0.25) is 0 Å². The van der Waals surface area contributed by atoms with E-state index in [2.05, 4.69) is 29.4 Å². The Kier molecular flexibility index (Phi) is 5.19. The molecule has 0 amide bonds. The lowest BCUT2D eigenvalue weighted by Crippen LogP contribution is -2.08. The summed E-state index contributed by atoms with van der Waals surface area (Å²) in [4.78, 5) is 16.5. The van der Waals surface area contributed by atoms with Crippen LogP contribution in [0.4, 0.5) is 11.4 Å². The zero-order valence-electron chi connectivity index (χ0n) is 14.2. The lowest BCUT2D eigenvalue weighted by molar-refractivity contribution is 0.0520. The highest BCUT2D eigenvalue weighted by molar-refractivity contribution is 6.31. The summed E-state index contributed by atoms with van der Waals surface area (Å²) in [5, 5.41) is 4.84. The van der Waals surface area contributed by atoms with Crippen molar-refractivity contribution in [3.63, 3.8) is 0 Å². The van der Waals surface area contributed by atoms with Crippen LogP contribution in [0.2, 0.25) is 5.02 Å². The predicted molar refractivity (Wildman–Crippen MR) is 102 cm³/mol. The van der Waals surface area contributed by atoms with E-state index in [1.54, 1.807) is 25.1 Å². The highest BCUT2D eigenvalue weighted by Gasteiger charge is 2.14. The number of hydrogen-bond donors (Lipinski definition) is 1. The third kappa shape index (κ3) is 3.91. The first-order valence-corrected chi connectivity index (χ1v) is 8.62. The minimum atomic E-state index is -0.440. The predicted octanol–water partition coefficient (Wildman–Crippen LogP) is 5.37. The summed E-state index contributed by atoms with van der Waals surface area (Å²) in [5.41, 5.74) is 3.90. The van der Waals surface area contributed by atoms with Gasteiger partial charge in [0.25, 0.3) is 0 Å². The van der Waals surface area contributed by atoms with Crippen molar-refractivity contribution < 1.29 is 9.53 Å². The van der Waals surface area contributed by atoms with Gasteiger partial charge in [0, 0.05) is 16.1 Å². The van der Waals surface area contributed by atoms with Crippen molar-refractivity contribution in [3.05, 3.63) is 64.8 Å². The van der Waals surface area contributed by atoms with Gasteiger partial charge in [-0.1, -0.05) is 30.7 Å². The molecule has 3 aromatic rings. The second kappa shape index (κ2) is 7.53. The number of fused-ring (bicyclic) bond motifs is 1. The van der Waals surface area contributed by atoms with Crippen molar-refractivity contribution in [2.75, 3.05) is 11.9 Å². The number of esters is 1. The summed E-state index contributed by atoms with van der Waals surface area (Å²) in [5.74, 6) is -0.440. The molecule has 0 fully saturated rings. The minimum absolute atomic E-state index is 0.269. The molecule has 0 unspecified atom stereocenters. The fraction of sp³-hybridized carbons (Fsp3) is 0.200. The number of halogens is 1. The van der Waals surface area contributed by atoms with E-state index in [4.69, 9.17) is 16.3 Å². The van der Waals surface area contributed by atoms with Crippen molar-refractivity contribution >= 4 is 39.8 Å². The van der Waals surface area contributed by atoms with Gasteiger partial charge in [-0.25, -0.2) is 9.78 Å². The van der Waals surface area contributed by atoms with E-state index in [1.165, 1.54) is 5.56 Å². The first-order valence-electron chi connectivity index (χ1n) is 8.24. The fourth-order valence-corrected chi connectivity index (χ4v) is 2.81. The molecule has 1 heterocycles. The van der Waals surface area contributed by atoms with Gasteiger partial charge >= 0.3 is 5.97 Å². The minimum Gasteiger partial charge on any atom is -0.461 e. The van der Waals surface area contributed by atoms with E-state index in [-0.39, 0.29) is 5.69 Å². The number of aromatic nitrogens is 1. The molecule has 2 aromatic carbocycles. The van der Waals surface area contributed by atoms with Gasteiger partial charge in [-0.2, -0.15) is 0 Å². The molecule has 3 rings (SSSR count). The third-order valence-electron chi connectivity index (χ3n) is 3.87. The largest absolute Gasteiger partial charge is 0.461 e. The fourth-order valence-electron chi connectivity index (χ4n) is 2.64. The van der Waals surface area contributed by atoms with Crippen LogP contribution in [0.1, 0.15) is 29.9 Å². The van der Waals surface area contributed by atoms with Crippen LogP contribution in [0.5, 0.6) is 0 Å². The molecule has 1 aromatic heterocycles. The molecule has 1 N–H and O–H groups in total. The Bertz CT molecular complexity index is 925. The third-order valence-corrected chi connectivity index (χ3v) is 4.10. The summed E-state index contributed by atoms with van der Waals surface area (Å²) >= 11 is 6.15. The average molecular weight is 355 g/mol. The van der Waals surface area contributed by atoms with Crippen LogP contribution in [0, 0.1) is 0 Å². The monoisotopic (exact) mass is 354 g/mol. The molecular formula is C20H19ClN2O2. The van der Waals surface area contributed by atoms with E-state index in [9.17, 15) is 4.79 Å². The Morgan fingerprint density at radius 3 is 2.76 bits per heavy atom. The molecule has 0 aliphatic rings. The van der Waals surface area contributed by atoms with Gasteiger partial charge in [0.05, 0.1) is 17.8 Å². The zero-order valence-corrected chi connectivity index (χ0v) is 14.9. The van der Waals surface area contributed by atoms with E-state index >= 15 is 0 Å². The molecule has 0 radical (unpaired) electrons. The SMILES string of the molecule is CCOC(=O)c1cc(Nc2cccc(CC)c2)c2cc(Cl)ccc2n1. The second-order valence-corrected chi connectivity index (χ2v) is 6.05. The van der Waals surface area contributed by atoms with Gasteiger partial charge in [-0.05, 0) is 55.3 Å². The number of anilines is 2. The van der Waals surface area contributed by atoms with Crippen molar-refractivity contribution in [2.45, 2.75) is 20.3 Å². The van der Waals surface area contributed by atoms with Crippen LogP contribution in [-0.4, -0.2) is 17.6 Å². The average Bonchev–Trinajstić information content (AvgIpc) is 2.62. The van der Waals surface area contributed by atoms with Crippen molar-refractivity contribution in [3.8, 4) is 0 Å². The molecule has 128 valence electrons. The number of carbonyl (C=O) groups excluding carboxylic acids is 1. The molecule has 5 heteroatoms. The van der Waals surface area contributed by atoms with Crippen LogP contribution >= 0.6 is 11.6 Å². The summed E-state index contributed by atoms with van der Waals surface area (Å²) in [6, 6.07) is 15.3. The summed E-state index contributed by atoms with van der Waals surface area (Å²) in [6.45, 7) is 4.19. The Morgan fingerprint density at radius 1 is 1.16 bits per heavy atom. The molecular weight excluding hydrogens is 336 g/mol. The molecule has 0 saturated heterocycles. The van der Waals surface area contributed by atoms with Gasteiger partial charge in [-0.15, -0.1) is 0 Å². The van der Waals surface area contributed by atoms with Crippen LogP contribution in [0.3, 0.4) is 0 Å². The number of ether oxygens (including phenoxy) is 1. The first kappa shape index (κ1) is 17.2. The number of benzene rings is 2. The van der Waals surface area contributed by atoms with Crippen LogP contribution in [0.15, 0.2) is 48.5 Å². The standard InChI is InChI=1S/C20H19ClN2O2/c1-3-13-6-5-7-15(10-13)22-18-12-19(20(24)25-4-2)23-17-9-8-14(21)11-16(17)18/h5-12H,3-4H2,1-2H3,(H,22,23). The second-order valence-electron chi connectivity index (χ2n) is 5.62. The molecule has 4 nitrogen and oxygen atoms in total. The zero-order chi connectivity index (χ0) is 17.8. The molecule has 0 saturated carbocycles. The highest BCUT2D eigenvalue weighted by Crippen LogP contribution is 2.29. The quantitative estimate of drug-likeness (QED) is 0.626. The number of rotatable bonds is 5.